The largest absolute Gasteiger partial charge is 0.497 e. The number of hydrogen-bond acceptors (Lipinski definition) is 6. The molecule has 8 nitrogen and oxygen atoms in total. The van der Waals surface area contributed by atoms with E-state index in [0.717, 1.165) is 33.7 Å². The van der Waals surface area contributed by atoms with Crippen molar-refractivity contribution in [1.82, 2.24) is 19.7 Å². The van der Waals surface area contributed by atoms with Crippen LogP contribution >= 0.6 is 0 Å². The number of rotatable bonds is 8. The fraction of sp³-hybridized carbons (Fsp3) is 0.154. The van der Waals surface area contributed by atoms with Gasteiger partial charge in [0.05, 0.1) is 18.1 Å². The highest BCUT2D eigenvalue weighted by Gasteiger charge is 2.10. The molecular formula is C26H23N5O3. The predicted molar refractivity (Wildman–Crippen MR) is 129 cm³/mol. The van der Waals surface area contributed by atoms with Gasteiger partial charge in [-0.05, 0) is 67.1 Å². The monoisotopic (exact) mass is 453 g/mol. The number of para-hydroxylation sites is 2. The summed E-state index contributed by atoms with van der Waals surface area (Å²) in [5, 5.41) is 6.96. The van der Waals surface area contributed by atoms with Crippen LogP contribution in [0.1, 0.15) is 18.7 Å². The van der Waals surface area contributed by atoms with E-state index >= 15 is 0 Å². The molecule has 1 N–H and O–H groups in total. The first-order valence-corrected chi connectivity index (χ1v) is 11.0. The minimum atomic E-state index is -0.0595. The Balaban J connectivity index is 1.13. The van der Waals surface area contributed by atoms with Crippen LogP contribution in [0.5, 0.6) is 5.75 Å². The Labute approximate surface area is 196 Å². The average Bonchev–Trinajstić information content (AvgIpc) is 3.52. The number of ether oxygens (including phenoxy) is 1. The Morgan fingerprint density at radius 3 is 2.62 bits per heavy atom. The third-order valence-corrected chi connectivity index (χ3v) is 5.49. The average molecular weight is 454 g/mol. The van der Waals surface area contributed by atoms with Crippen molar-refractivity contribution in [2.45, 2.75) is 19.3 Å². The Bertz CT molecular complexity index is 1400. The van der Waals surface area contributed by atoms with E-state index in [1.807, 2.05) is 77.4 Å². The Hall–Kier alpha value is -4.46. The van der Waals surface area contributed by atoms with Gasteiger partial charge in [0, 0.05) is 29.8 Å². The molecule has 0 bridgehead atoms. The topological polar surface area (TPSA) is 95.1 Å². The highest BCUT2D eigenvalue weighted by atomic mass is 16.5. The van der Waals surface area contributed by atoms with Gasteiger partial charge in [-0.1, -0.05) is 17.3 Å². The van der Waals surface area contributed by atoms with Gasteiger partial charge in [-0.15, -0.1) is 0 Å². The summed E-state index contributed by atoms with van der Waals surface area (Å²) in [6, 6.07) is 23.1. The maximum atomic E-state index is 12.4. The number of aromatic nitrogens is 4. The predicted octanol–water partition coefficient (Wildman–Crippen LogP) is 5.05. The van der Waals surface area contributed by atoms with Crippen LogP contribution in [0.25, 0.3) is 28.1 Å². The molecule has 0 spiro atoms. The summed E-state index contributed by atoms with van der Waals surface area (Å²) in [7, 11) is 1.62. The second-order valence-electron chi connectivity index (χ2n) is 7.79. The lowest BCUT2D eigenvalue weighted by molar-refractivity contribution is -0.116. The SMILES string of the molecule is COc1ccc(-c2noc(CCCC(=O)Nc3ccc(-n4cnc5ccccc54)cc3)n2)cc1. The molecule has 2 heterocycles. The van der Waals surface area contributed by atoms with Crippen LogP contribution in [0, 0.1) is 0 Å². The minimum absolute atomic E-state index is 0.0595. The van der Waals surface area contributed by atoms with Crippen LogP contribution in [-0.2, 0) is 11.2 Å². The molecule has 0 aliphatic carbocycles. The van der Waals surface area contributed by atoms with Crippen LogP contribution in [0.15, 0.2) is 83.6 Å². The van der Waals surface area contributed by atoms with E-state index in [2.05, 4.69) is 20.4 Å². The number of carbonyl (C=O) groups is 1. The Morgan fingerprint density at radius 1 is 1.03 bits per heavy atom. The number of imidazole rings is 1. The van der Waals surface area contributed by atoms with Crippen LogP contribution in [-0.4, -0.2) is 32.7 Å². The molecule has 0 atom stereocenters. The van der Waals surface area contributed by atoms with Gasteiger partial charge < -0.3 is 14.6 Å². The molecule has 3 aromatic carbocycles. The fourth-order valence-corrected chi connectivity index (χ4v) is 3.71. The fourth-order valence-electron chi connectivity index (χ4n) is 3.71. The summed E-state index contributed by atoms with van der Waals surface area (Å²) >= 11 is 0. The maximum absolute atomic E-state index is 12.4. The van der Waals surface area contributed by atoms with Gasteiger partial charge in [0.15, 0.2) is 0 Å². The summed E-state index contributed by atoms with van der Waals surface area (Å²) in [6.45, 7) is 0. The summed E-state index contributed by atoms with van der Waals surface area (Å²) < 4.78 is 12.5. The van der Waals surface area contributed by atoms with Crippen LogP contribution in [0.2, 0.25) is 0 Å². The van der Waals surface area contributed by atoms with E-state index < -0.39 is 0 Å². The summed E-state index contributed by atoms with van der Waals surface area (Å²) in [5.74, 6) is 1.74. The number of hydrogen-bond donors (Lipinski definition) is 1. The van der Waals surface area contributed by atoms with Gasteiger partial charge in [0.25, 0.3) is 0 Å². The lowest BCUT2D eigenvalue weighted by Crippen LogP contribution is -2.11. The van der Waals surface area contributed by atoms with Crippen LogP contribution in [0.4, 0.5) is 5.69 Å². The summed E-state index contributed by atoms with van der Waals surface area (Å²) in [4.78, 5) is 21.2. The molecule has 0 aliphatic rings. The molecule has 8 heteroatoms. The van der Waals surface area contributed by atoms with Crippen molar-refractivity contribution in [3.05, 3.63) is 85.0 Å². The molecule has 0 radical (unpaired) electrons. The number of carbonyl (C=O) groups excluding carboxylic acids is 1. The zero-order chi connectivity index (χ0) is 23.3. The number of aryl methyl sites for hydroxylation is 1. The highest BCUT2D eigenvalue weighted by Crippen LogP contribution is 2.21. The van der Waals surface area contributed by atoms with E-state index in [1.165, 1.54) is 0 Å². The third kappa shape index (κ3) is 4.66. The minimum Gasteiger partial charge on any atom is -0.497 e. The number of methoxy groups -OCH3 is 1. The van der Waals surface area contributed by atoms with Crippen molar-refractivity contribution < 1.29 is 14.1 Å². The van der Waals surface area contributed by atoms with E-state index in [-0.39, 0.29) is 5.91 Å². The van der Waals surface area contributed by atoms with Gasteiger partial charge >= 0.3 is 0 Å². The smallest absolute Gasteiger partial charge is 0.226 e. The first kappa shape index (κ1) is 21.4. The van der Waals surface area contributed by atoms with Crippen molar-refractivity contribution in [2.24, 2.45) is 0 Å². The van der Waals surface area contributed by atoms with Gasteiger partial charge in [0.2, 0.25) is 17.6 Å². The standard InChI is InChI=1S/C26H23N5O3/c1-33-21-15-9-18(10-16-21)26-29-25(34-30-26)8-4-7-24(32)28-19-11-13-20(14-12-19)31-17-27-22-5-2-3-6-23(22)31/h2-3,5-6,9-17H,4,7-8H2,1H3,(H,28,32). The van der Waals surface area contributed by atoms with E-state index in [0.29, 0.717) is 31.0 Å². The number of nitrogens with one attached hydrogen (secondary N) is 1. The second-order valence-corrected chi connectivity index (χ2v) is 7.79. The maximum Gasteiger partial charge on any atom is 0.226 e. The molecule has 0 saturated heterocycles. The van der Waals surface area contributed by atoms with Gasteiger partial charge in [-0.25, -0.2) is 4.98 Å². The molecule has 1 amide bonds. The van der Waals surface area contributed by atoms with Gasteiger partial charge in [-0.2, -0.15) is 4.98 Å². The third-order valence-electron chi connectivity index (χ3n) is 5.49. The lowest BCUT2D eigenvalue weighted by atomic mass is 10.2. The first-order chi connectivity index (χ1) is 16.7. The van der Waals surface area contributed by atoms with Gasteiger partial charge in [0.1, 0.15) is 12.1 Å². The van der Waals surface area contributed by atoms with Crippen LogP contribution in [0.3, 0.4) is 0 Å². The second kappa shape index (κ2) is 9.58. The lowest BCUT2D eigenvalue weighted by Gasteiger charge is -2.08. The van der Waals surface area contributed by atoms with E-state index in [9.17, 15) is 4.79 Å². The van der Waals surface area contributed by atoms with E-state index in [4.69, 9.17) is 9.26 Å². The Kier molecular flexibility index (Phi) is 6.03. The number of benzene rings is 3. The quantitative estimate of drug-likeness (QED) is 0.353. The Morgan fingerprint density at radius 2 is 1.82 bits per heavy atom. The number of nitrogens with zero attached hydrogens (tertiary/aromatic N) is 4. The normalized spacial score (nSPS) is 11.0. The highest BCUT2D eigenvalue weighted by molar-refractivity contribution is 5.90. The zero-order valence-corrected chi connectivity index (χ0v) is 18.6. The van der Waals surface area contributed by atoms with Gasteiger partial charge in [-0.3, -0.25) is 9.36 Å². The van der Waals surface area contributed by atoms with Crippen molar-refractivity contribution in [3.8, 4) is 22.8 Å². The molecule has 0 fully saturated rings. The van der Waals surface area contributed by atoms with Crippen molar-refractivity contribution in [2.75, 3.05) is 12.4 Å². The van der Waals surface area contributed by atoms with Crippen LogP contribution < -0.4 is 10.1 Å². The summed E-state index contributed by atoms with van der Waals surface area (Å²) in [6.07, 6.45) is 3.29. The molecule has 0 saturated carbocycles. The number of fused-ring (bicyclic) bond motifs is 1. The number of anilines is 1. The summed E-state index contributed by atoms with van der Waals surface area (Å²) in [5.41, 5.74) is 4.56. The zero-order valence-electron chi connectivity index (χ0n) is 18.6. The first-order valence-electron chi connectivity index (χ1n) is 11.0. The van der Waals surface area contributed by atoms with Crippen molar-refractivity contribution in [1.29, 1.82) is 0 Å². The molecule has 170 valence electrons. The van der Waals surface area contributed by atoms with Crippen molar-refractivity contribution >= 4 is 22.6 Å². The molecule has 5 aromatic rings. The van der Waals surface area contributed by atoms with Crippen molar-refractivity contribution in [3.63, 3.8) is 0 Å². The molecule has 5 rings (SSSR count). The molecule has 0 aliphatic heterocycles. The van der Waals surface area contributed by atoms with E-state index in [1.54, 1.807) is 13.4 Å². The molecular weight excluding hydrogens is 430 g/mol. The molecule has 0 unspecified atom stereocenters. The molecule has 34 heavy (non-hydrogen) atoms. The molecule has 2 aromatic heterocycles. The number of amides is 1.